The van der Waals surface area contributed by atoms with Crippen molar-refractivity contribution in [2.24, 2.45) is 0 Å². The number of thioether (sulfide) groups is 1. The maximum atomic E-state index is 12.3. The Balaban J connectivity index is 1.60. The topological polar surface area (TPSA) is 38.3 Å². The fraction of sp³-hybridized carbons (Fsp3) is 0.278. The third-order valence-corrected chi connectivity index (χ3v) is 5.24. The summed E-state index contributed by atoms with van der Waals surface area (Å²) in [5, 5.41) is 3.12. The Morgan fingerprint density at radius 1 is 1.30 bits per heavy atom. The van der Waals surface area contributed by atoms with Crippen LogP contribution in [0.25, 0.3) is 0 Å². The van der Waals surface area contributed by atoms with Crippen LogP contribution in [0.15, 0.2) is 51.8 Å². The van der Waals surface area contributed by atoms with Gasteiger partial charge in [-0.3, -0.25) is 4.79 Å². The molecule has 1 heterocycles. The van der Waals surface area contributed by atoms with E-state index in [0.717, 1.165) is 27.1 Å². The van der Waals surface area contributed by atoms with Gasteiger partial charge < -0.3 is 10.1 Å². The van der Waals surface area contributed by atoms with E-state index in [1.807, 2.05) is 30.3 Å². The normalized spacial score (nSPS) is 16.3. The van der Waals surface area contributed by atoms with Crippen molar-refractivity contribution >= 4 is 33.6 Å². The lowest BCUT2D eigenvalue weighted by molar-refractivity contribution is -0.119. The summed E-state index contributed by atoms with van der Waals surface area (Å²) in [4.78, 5) is 13.4. The van der Waals surface area contributed by atoms with Crippen molar-refractivity contribution in [1.82, 2.24) is 5.32 Å². The molecule has 2 aromatic carbocycles. The molecule has 3 nitrogen and oxygen atoms in total. The number of hydrogen-bond acceptors (Lipinski definition) is 3. The summed E-state index contributed by atoms with van der Waals surface area (Å²) in [6.45, 7) is 2.69. The predicted molar refractivity (Wildman–Crippen MR) is 97.0 cm³/mol. The van der Waals surface area contributed by atoms with Gasteiger partial charge in [0.05, 0.1) is 18.4 Å². The minimum Gasteiger partial charge on any atom is -0.493 e. The number of carbonyl (C=O) groups is 1. The summed E-state index contributed by atoms with van der Waals surface area (Å²) < 4.78 is 6.65. The van der Waals surface area contributed by atoms with Crippen LogP contribution in [-0.2, 0) is 4.79 Å². The Morgan fingerprint density at radius 2 is 2.09 bits per heavy atom. The van der Waals surface area contributed by atoms with E-state index >= 15 is 0 Å². The van der Waals surface area contributed by atoms with Gasteiger partial charge in [-0.1, -0.05) is 33.6 Å². The van der Waals surface area contributed by atoms with Gasteiger partial charge in [0.2, 0.25) is 5.91 Å². The van der Waals surface area contributed by atoms with E-state index in [4.69, 9.17) is 4.74 Å². The quantitative estimate of drug-likeness (QED) is 0.780. The third-order valence-electron chi connectivity index (χ3n) is 3.74. The average molecular weight is 392 g/mol. The Morgan fingerprint density at radius 3 is 2.87 bits per heavy atom. The molecule has 120 valence electrons. The van der Waals surface area contributed by atoms with Crippen LogP contribution in [0.1, 0.15) is 23.6 Å². The number of rotatable bonds is 4. The van der Waals surface area contributed by atoms with E-state index < -0.39 is 0 Å². The molecule has 3 rings (SSSR count). The number of ether oxygens (including phenoxy) is 1. The highest BCUT2D eigenvalue weighted by Gasteiger charge is 2.23. The highest BCUT2D eigenvalue weighted by Crippen LogP contribution is 2.34. The zero-order chi connectivity index (χ0) is 16.2. The summed E-state index contributed by atoms with van der Waals surface area (Å²) in [5.74, 6) is 1.33. The number of benzene rings is 2. The highest BCUT2D eigenvalue weighted by atomic mass is 79.9. The molecule has 0 aromatic heterocycles. The molecule has 1 unspecified atom stereocenters. The molecule has 0 bridgehead atoms. The largest absolute Gasteiger partial charge is 0.493 e. The van der Waals surface area contributed by atoms with Gasteiger partial charge in [-0.05, 0) is 37.3 Å². The summed E-state index contributed by atoms with van der Waals surface area (Å²) in [5.41, 5.74) is 2.27. The zero-order valence-electron chi connectivity index (χ0n) is 12.8. The minimum atomic E-state index is 0.0161. The van der Waals surface area contributed by atoms with Gasteiger partial charge in [-0.2, -0.15) is 0 Å². The summed E-state index contributed by atoms with van der Waals surface area (Å²) >= 11 is 5.04. The molecule has 0 saturated heterocycles. The van der Waals surface area contributed by atoms with Crippen molar-refractivity contribution in [3.8, 4) is 5.75 Å². The highest BCUT2D eigenvalue weighted by molar-refractivity contribution is 9.10. The van der Waals surface area contributed by atoms with Gasteiger partial charge in [0.25, 0.3) is 0 Å². The van der Waals surface area contributed by atoms with Crippen LogP contribution < -0.4 is 10.1 Å². The number of aryl methyl sites for hydroxylation is 1. The van der Waals surface area contributed by atoms with E-state index in [0.29, 0.717) is 12.4 Å². The Bertz CT molecular complexity index is 703. The molecular weight excluding hydrogens is 374 g/mol. The van der Waals surface area contributed by atoms with Crippen LogP contribution >= 0.6 is 27.7 Å². The van der Waals surface area contributed by atoms with Gasteiger partial charge in [-0.15, -0.1) is 11.8 Å². The molecular formula is C18H18BrNO2S. The van der Waals surface area contributed by atoms with Gasteiger partial charge in [0.1, 0.15) is 5.75 Å². The van der Waals surface area contributed by atoms with Crippen LogP contribution in [0.5, 0.6) is 5.75 Å². The minimum absolute atomic E-state index is 0.0161. The number of carbonyl (C=O) groups excluding carboxylic acids is 1. The van der Waals surface area contributed by atoms with Crippen molar-refractivity contribution in [3.05, 3.63) is 58.1 Å². The van der Waals surface area contributed by atoms with Gasteiger partial charge in [-0.25, -0.2) is 0 Å². The first-order chi connectivity index (χ1) is 11.1. The van der Waals surface area contributed by atoms with E-state index in [9.17, 15) is 4.79 Å². The van der Waals surface area contributed by atoms with Crippen molar-refractivity contribution < 1.29 is 9.53 Å². The second-order valence-electron chi connectivity index (χ2n) is 5.54. The molecule has 0 aliphatic carbocycles. The predicted octanol–water partition coefficient (Wildman–Crippen LogP) is 4.49. The molecule has 0 saturated carbocycles. The molecule has 2 aromatic rings. The zero-order valence-corrected chi connectivity index (χ0v) is 15.2. The molecule has 0 radical (unpaired) electrons. The molecule has 1 amide bonds. The lowest BCUT2D eigenvalue weighted by atomic mass is 10.0. The molecule has 1 N–H and O–H groups in total. The van der Waals surface area contributed by atoms with Crippen LogP contribution in [0.3, 0.4) is 0 Å². The lowest BCUT2D eigenvalue weighted by Crippen LogP contribution is -2.33. The maximum absolute atomic E-state index is 12.3. The van der Waals surface area contributed by atoms with Crippen molar-refractivity contribution in [1.29, 1.82) is 0 Å². The molecule has 1 atom stereocenters. The summed E-state index contributed by atoms with van der Waals surface area (Å²) in [6, 6.07) is 14.2. The fourth-order valence-corrected chi connectivity index (χ4v) is 3.62. The number of halogens is 1. The van der Waals surface area contributed by atoms with Crippen molar-refractivity contribution in [2.45, 2.75) is 24.3 Å². The third kappa shape index (κ3) is 4.30. The van der Waals surface area contributed by atoms with Crippen LogP contribution in [0.4, 0.5) is 0 Å². The lowest BCUT2D eigenvalue weighted by Gasteiger charge is -2.27. The summed E-state index contributed by atoms with van der Waals surface area (Å²) in [6.07, 6.45) is 0.796. The van der Waals surface area contributed by atoms with Gasteiger partial charge in [0, 0.05) is 21.4 Å². The molecule has 23 heavy (non-hydrogen) atoms. The summed E-state index contributed by atoms with van der Waals surface area (Å²) in [7, 11) is 0. The molecule has 1 aliphatic heterocycles. The Kier molecular flexibility index (Phi) is 5.28. The van der Waals surface area contributed by atoms with Crippen LogP contribution in [0.2, 0.25) is 0 Å². The monoisotopic (exact) mass is 391 g/mol. The maximum Gasteiger partial charge on any atom is 0.230 e. The first-order valence-electron chi connectivity index (χ1n) is 7.53. The fourth-order valence-electron chi connectivity index (χ4n) is 2.53. The van der Waals surface area contributed by atoms with Crippen molar-refractivity contribution in [3.63, 3.8) is 0 Å². The molecule has 0 fully saturated rings. The van der Waals surface area contributed by atoms with Gasteiger partial charge >= 0.3 is 0 Å². The van der Waals surface area contributed by atoms with E-state index in [2.05, 4.69) is 40.3 Å². The Hall–Kier alpha value is -1.46. The van der Waals surface area contributed by atoms with Crippen LogP contribution in [0, 0.1) is 6.92 Å². The second-order valence-corrected chi connectivity index (χ2v) is 7.51. The number of hydrogen-bond donors (Lipinski definition) is 1. The molecule has 5 heteroatoms. The number of fused-ring (bicyclic) bond motifs is 1. The Labute approximate surface area is 148 Å². The smallest absolute Gasteiger partial charge is 0.230 e. The van der Waals surface area contributed by atoms with E-state index in [1.165, 1.54) is 5.56 Å². The van der Waals surface area contributed by atoms with Gasteiger partial charge in [0.15, 0.2) is 0 Å². The van der Waals surface area contributed by atoms with E-state index in [-0.39, 0.29) is 11.9 Å². The average Bonchev–Trinajstić information content (AvgIpc) is 2.55. The number of amides is 1. The molecule has 1 aliphatic rings. The SMILES string of the molecule is Cc1ccc(SCC(=O)NC2CCOc3ccc(Br)cc32)cc1. The first-order valence-corrected chi connectivity index (χ1v) is 9.31. The second kappa shape index (κ2) is 7.41. The molecule has 0 spiro atoms. The standard InChI is InChI=1S/C18H18BrNO2S/c1-12-2-5-14(6-3-12)23-11-18(21)20-16-8-9-22-17-7-4-13(19)10-15(16)17/h2-7,10,16H,8-9,11H2,1H3,(H,20,21). The number of nitrogens with one attached hydrogen (secondary N) is 1. The first kappa shape index (κ1) is 16.4. The van der Waals surface area contributed by atoms with Crippen LogP contribution in [-0.4, -0.2) is 18.3 Å². The van der Waals surface area contributed by atoms with Crippen molar-refractivity contribution in [2.75, 3.05) is 12.4 Å². The van der Waals surface area contributed by atoms with E-state index in [1.54, 1.807) is 11.8 Å².